The molecule has 0 aliphatic rings. The summed E-state index contributed by atoms with van der Waals surface area (Å²) in [6.07, 6.45) is -0.278. The van der Waals surface area contributed by atoms with Crippen LogP contribution in [0.5, 0.6) is 0 Å². The molecule has 3 aromatic rings. The summed E-state index contributed by atoms with van der Waals surface area (Å²) in [4.78, 5) is 4.94. The first kappa shape index (κ1) is 25.5. The molecule has 29 heavy (non-hydrogen) atoms. The third kappa shape index (κ3) is 7.01. The summed E-state index contributed by atoms with van der Waals surface area (Å²) in [6, 6.07) is 14.3. The fourth-order valence-corrected chi connectivity index (χ4v) is 3.39. The number of fused-ring (bicyclic) bond motifs is 1. The van der Waals surface area contributed by atoms with E-state index in [0.29, 0.717) is 6.42 Å². The zero-order chi connectivity index (χ0) is 21.0. The van der Waals surface area contributed by atoms with Crippen molar-refractivity contribution in [1.82, 2.24) is 4.98 Å². The van der Waals surface area contributed by atoms with Gasteiger partial charge in [-0.2, -0.15) is 0 Å². The molecule has 4 heteroatoms. The number of hydrogen-bond donors (Lipinski definition) is 2. The molecule has 0 spiro atoms. The molecule has 2 aromatic carbocycles. The molecular weight excluding hydrogens is 538 g/mol. The van der Waals surface area contributed by atoms with Crippen LogP contribution in [0.1, 0.15) is 48.1 Å². The molecule has 1 heterocycles. The van der Waals surface area contributed by atoms with Gasteiger partial charge in [0.1, 0.15) is 0 Å². The van der Waals surface area contributed by atoms with Gasteiger partial charge in [0, 0.05) is 25.5 Å². The van der Waals surface area contributed by atoms with E-state index in [2.05, 4.69) is 71.0 Å². The minimum Gasteiger partial charge on any atom is -0.393 e. The first-order valence-corrected chi connectivity index (χ1v) is 9.83. The maximum Gasteiger partial charge on any atom is 0.0600 e. The minimum absolute atomic E-state index is 0. The van der Waals surface area contributed by atoms with Crippen LogP contribution in [-0.2, 0) is 20.1 Å². The Morgan fingerprint density at radius 1 is 0.862 bits per heavy atom. The fraction of sp³-hybridized carbons (Fsp3) is 0.400. The van der Waals surface area contributed by atoms with Gasteiger partial charge in [0.15, 0.2) is 0 Å². The van der Waals surface area contributed by atoms with Crippen LogP contribution < -0.4 is 0 Å². The van der Waals surface area contributed by atoms with E-state index in [9.17, 15) is 0 Å². The van der Waals surface area contributed by atoms with Crippen molar-refractivity contribution < 1.29 is 30.3 Å². The average molecular weight is 571 g/mol. The predicted octanol–water partition coefficient (Wildman–Crippen LogP) is 5.38. The molecule has 0 fully saturated rings. The zero-order valence-electron chi connectivity index (χ0n) is 18.4. The van der Waals surface area contributed by atoms with E-state index in [0.717, 1.165) is 22.3 Å². The number of aliphatic hydroxyl groups excluding tert-OH is 2. The van der Waals surface area contributed by atoms with Gasteiger partial charge in [-0.1, -0.05) is 31.5 Å². The second-order valence-corrected chi connectivity index (χ2v) is 7.94. The number of pyridine rings is 1. The Kier molecular flexibility index (Phi) is 9.64. The molecule has 0 aliphatic heterocycles. The second kappa shape index (κ2) is 11.0. The van der Waals surface area contributed by atoms with Crippen molar-refractivity contribution in [2.24, 2.45) is 0 Å². The van der Waals surface area contributed by atoms with Gasteiger partial charge in [0.2, 0.25) is 0 Å². The second-order valence-electron chi connectivity index (χ2n) is 7.94. The van der Waals surface area contributed by atoms with Crippen molar-refractivity contribution in [3.8, 4) is 11.3 Å². The summed E-state index contributed by atoms with van der Waals surface area (Å²) in [5.41, 5.74) is 9.37. The number of aryl methyl sites for hydroxylation is 5. The van der Waals surface area contributed by atoms with E-state index in [4.69, 9.17) is 15.2 Å². The first-order valence-electron chi connectivity index (χ1n) is 9.83. The largest absolute Gasteiger partial charge is 0.393 e. The predicted molar refractivity (Wildman–Crippen MR) is 118 cm³/mol. The Hall–Kier alpha value is -1.58. The molecule has 1 radical (unpaired) electrons. The van der Waals surface area contributed by atoms with Crippen LogP contribution in [0.15, 0.2) is 30.3 Å². The number of hydrogen-bond acceptors (Lipinski definition) is 3. The number of aromatic nitrogens is 1. The topological polar surface area (TPSA) is 53.4 Å². The summed E-state index contributed by atoms with van der Waals surface area (Å²) < 4.78 is 0. The van der Waals surface area contributed by atoms with Gasteiger partial charge in [0.25, 0.3) is 0 Å². The van der Waals surface area contributed by atoms with Crippen molar-refractivity contribution in [2.45, 2.75) is 67.1 Å². The van der Waals surface area contributed by atoms with Gasteiger partial charge in [-0.05, 0) is 63.9 Å². The molecule has 0 aliphatic carbocycles. The van der Waals surface area contributed by atoms with E-state index in [1.165, 1.54) is 27.6 Å². The van der Waals surface area contributed by atoms with E-state index in [-0.39, 0.29) is 32.3 Å². The normalized spacial score (nSPS) is 12.6. The molecule has 3 nitrogen and oxygen atoms in total. The molecule has 0 amide bonds. The molecule has 0 saturated carbocycles. The van der Waals surface area contributed by atoms with Crippen molar-refractivity contribution in [1.29, 1.82) is 0 Å². The molecule has 1 aromatic heterocycles. The minimum atomic E-state index is -0.375. The van der Waals surface area contributed by atoms with Gasteiger partial charge in [-0.15, -0.1) is 34.9 Å². The van der Waals surface area contributed by atoms with Crippen LogP contribution in [0.3, 0.4) is 0 Å². The van der Waals surface area contributed by atoms with E-state index >= 15 is 0 Å². The Labute approximate surface area is 188 Å². The van der Waals surface area contributed by atoms with E-state index in [1.807, 2.05) is 0 Å². The molecule has 0 saturated heterocycles. The fourth-order valence-electron chi connectivity index (χ4n) is 3.39. The van der Waals surface area contributed by atoms with E-state index in [1.54, 1.807) is 13.8 Å². The van der Waals surface area contributed by atoms with Crippen LogP contribution in [0.4, 0.5) is 0 Å². The number of benzene rings is 2. The van der Waals surface area contributed by atoms with Crippen molar-refractivity contribution in [3.05, 3.63) is 64.2 Å². The van der Waals surface area contributed by atoms with Crippen LogP contribution in [0.2, 0.25) is 0 Å². The number of nitrogens with zero attached hydrogens (tertiary/aromatic N) is 1. The maximum atomic E-state index is 8.56. The van der Waals surface area contributed by atoms with Gasteiger partial charge in [-0.25, -0.2) is 0 Å². The maximum absolute atomic E-state index is 8.56. The first-order chi connectivity index (χ1) is 13.1. The quantitative estimate of drug-likeness (QED) is 0.416. The van der Waals surface area contributed by atoms with Crippen LogP contribution in [0, 0.1) is 40.7 Å². The summed E-state index contributed by atoms with van der Waals surface area (Å²) in [6.45, 7) is 13.9. The van der Waals surface area contributed by atoms with Gasteiger partial charge >= 0.3 is 0 Å². The third-order valence-corrected chi connectivity index (χ3v) is 4.69. The van der Waals surface area contributed by atoms with Crippen LogP contribution in [0.25, 0.3) is 22.2 Å². The molecule has 2 unspecified atom stereocenters. The molecule has 3 rings (SSSR count). The third-order valence-electron chi connectivity index (χ3n) is 4.69. The standard InChI is InChI=1S/C20H20N.C5H12O2.Ir/c1-12-6-7-14(3)18(9-12)20-16(5)11-17-15(4)8-13(2)10-19(17)21-20;1-4(6)3-5(2)7;/h6-8,10-11H,1-5H3;4-7H,3H2,1-2H3;/q-1;;. The average Bonchev–Trinajstić information content (AvgIpc) is 2.57. The number of aliphatic hydroxyl groups is 2. The van der Waals surface area contributed by atoms with Crippen LogP contribution in [-0.4, -0.2) is 27.4 Å². The molecule has 159 valence electrons. The molecule has 2 atom stereocenters. The smallest absolute Gasteiger partial charge is 0.0600 e. The molecule has 0 bridgehead atoms. The van der Waals surface area contributed by atoms with E-state index < -0.39 is 0 Å². The summed E-state index contributed by atoms with van der Waals surface area (Å²) in [5.74, 6) is 0. The van der Waals surface area contributed by atoms with Gasteiger partial charge < -0.3 is 10.2 Å². The SMILES string of the molecule is CC(O)CC(C)O.Cc1[c-]c(-c2nc3cc(C)cc(C)c3cc2C)c(C)cc1.[Ir]. The Balaban J connectivity index is 0.000000456. The summed E-state index contributed by atoms with van der Waals surface area (Å²) in [7, 11) is 0. The van der Waals surface area contributed by atoms with Crippen LogP contribution >= 0.6 is 0 Å². The Morgan fingerprint density at radius 2 is 1.48 bits per heavy atom. The monoisotopic (exact) mass is 571 g/mol. The van der Waals surface area contributed by atoms with Crippen molar-refractivity contribution >= 4 is 10.9 Å². The summed E-state index contributed by atoms with van der Waals surface area (Å²) in [5, 5.41) is 18.4. The Bertz CT molecular complexity index is 959. The summed E-state index contributed by atoms with van der Waals surface area (Å²) >= 11 is 0. The Morgan fingerprint density at radius 3 is 2.03 bits per heavy atom. The van der Waals surface area contributed by atoms with Crippen molar-refractivity contribution in [3.63, 3.8) is 0 Å². The van der Waals surface area contributed by atoms with Gasteiger partial charge in [0.05, 0.1) is 17.7 Å². The zero-order valence-corrected chi connectivity index (χ0v) is 20.8. The molecular formula is C25H32IrNO2-. The molecule has 2 N–H and O–H groups in total. The van der Waals surface area contributed by atoms with Gasteiger partial charge in [-0.3, -0.25) is 4.98 Å². The number of rotatable bonds is 3. The van der Waals surface area contributed by atoms with Crippen molar-refractivity contribution in [2.75, 3.05) is 0 Å².